The Balaban J connectivity index is 3.22. The molecular weight excluding hydrogens is 236 g/mol. The normalized spacial score (nSPS) is 12.4. The molecule has 1 rings (SSSR count). The Bertz CT molecular complexity index is 382. The lowest BCUT2D eigenvalue weighted by atomic mass is 10.1. The van der Waals surface area contributed by atoms with Crippen LogP contribution in [0.25, 0.3) is 0 Å². The first-order valence-corrected chi connectivity index (χ1v) is 6.23. The van der Waals surface area contributed by atoms with Crippen molar-refractivity contribution in [2.75, 3.05) is 25.1 Å². The molecule has 4 heteroatoms. The molecule has 0 radical (unpaired) electrons. The van der Waals surface area contributed by atoms with Crippen LogP contribution < -0.4 is 15.4 Å². The topological polar surface area (TPSA) is 38.5 Å². The van der Waals surface area contributed by atoms with Crippen molar-refractivity contribution in [3.63, 3.8) is 0 Å². The molecule has 0 aliphatic rings. The Morgan fingerprint density at radius 3 is 2.59 bits per heavy atom. The molecular formula is C13H21ClN2O. The van der Waals surface area contributed by atoms with Crippen molar-refractivity contribution < 1.29 is 4.74 Å². The van der Waals surface area contributed by atoms with Gasteiger partial charge in [-0.3, -0.25) is 0 Å². The van der Waals surface area contributed by atoms with Gasteiger partial charge in [0.2, 0.25) is 0 Å². The molecule has 0 aliphatic heterocycles. The van der Waals surface area contributed by atoms with Crippen LogP contribution in [-0.2, 0) is 0 Å². The zero-order valence-electron chi connectivity index (χ0n) is 11.0. The van der Waals surface area contributed by atoms with E-state index in [0.717, 1.165) is 28.6 Å². The lowest BCUT2D eigenvalue weighted by Gasteiger charge is -2.31. The summed E-state index contributed by atoms with van der Waals surface area (Å²) >= 11 is 6.10. The highest BCUT2D eigenvalue weighted by Gasteiger charge is 2.17. The van der Waals surface area contributed by atoms with Gasteiger partial charge in [-0.25, -0.2) is 0 Å². The fourth-order valence-electron chi connectivity index (χ4n) is 1.88. The van der Waals surface area contributed by atoms with Gasteiger partial charge in [0.25, 0.3) is 0 Å². The second kappa shape index (κ2) is 6.12. The van der Waals surface area contributed by atoms with E-state index in [2.05, 4.69) is 24.8 Å². The van der Waals surface area contributed by atoms with Crippen LogP contribution in [0, 0.1) is 6.92 Å². The van der Waals surface area contributed by atoms with E-state index in [4.69, 9.17) is 22.1 Å². The van der Waals surface area contributed by atoms with Crippen LogP contribution >= 0.6 is 11.6 Å². The molecule has 0 saturated heterocycles. The second-order valence-corrected chi connectivity index (χ2v) is 4.55. The van der Waals surface area contributed by atoms with E-state index in [-0.39, 0.29) is 6.04 Å². The monoisotopic (exact) mass is 256 g/mol. The number of halogens is 1. The Hall–Kier alpha value is -0.930. The fourth-order valence-corrected chi connectivity index (χ4v) is 2.04. The van der Waals surface area contributed by atoms with Crippen molar-refractivity contribution in [1.82, 2.24) is 0 Å². The van der Waals surface area contributed by atoms with E-state index < -0.39 is 0 Å². The predicted molar refractivity (Wildman–Crippen MR) is 74.3 cm³/mol. The van der Waals surface area contributed by atoms with Crippen molar-refractivity contribution in [1.29, 1.82) is 0 Å². The van der Waals surface area contributed by atoms with Crippen LogP contribution in [0.2, 0.25) is 5.02 Å². The Morgan fingerprint density at radius 1 is 1.47 bits per heavy atom. The number of nitrogens with zero attached hydrogens (tertiary/aromatic N) is 1. The van der Waals surface area contributed by atoms with Crippen molar-refractivity contribution in [3.05, 3.63) is 22.7 Å². The van der Waals surface area contributed by atoms with Gasteiger partial charge >= 0.3 is 0 Å². The van der Waals surface area contributed by atoms with Gasteiger partial charge in [-0.1, -0.05) is 11.6 Å². The van der Waals surface area contributed by atoms with Crippen molar-refractivity contribution in [3.8, 4) is 5.75 Å². The van der Waals surface area contributed by atoms with Gasteiger partial charge in [0.05, 0.1) is 12.8 Å². The van der Waals surface area contributed by atoms with Gasteiger partial charge in [0.1, 0.15) is 5.75 Å². The van der Waals surface area contributed by atoms with E-state index in [1.807, 2.05) is 13.0 Å². The first kappa shape index (κ1) is 14.1. The summed E-state index contributed by atoms with van der Waals surface area (Å²) in [4.78, 5) is 2.22. The zero-order valence-corrected chi connectivity index (χ0v) is 11.7. The van der Waals surface area contributed by atoms with Crippen LogP contribution in [0.4, 0.5) is 5.69 Å². The molecule has 0 saturated carbocycles. The summed E-state index contributed by atoms with van der Waals surface area (Å²) in [5, 5.41) is 0.724. The van der Waals surface area contributed by atoms with Crippen LogP contribution in [-0.4, -0.2) is 26.2 Å². The van der Waals surface area contributed by atoms with E-state index in [1.165, 1.54) is 0 Å². The lowest BCUT2D eigenvalue weighted by Crippen LogP contribution is -2.38. The third-order valence-electron chi connectivity index (χ3n) is 2.98. The molecule has 1 atom stereocenters. The molecule has 0 heterocycles. The molecule has 0 amide bonds. The first-order chi connectivity index (χ1) is 8.04. The van der Waals surface area contributed by atoms with E-state index in [1.54, 1.807) is 7.11 Å². The summed E-state index contributed by atoms with van der Waals surface area (Å²) in [5.41, 5.74) is 7.83. The van der Waals surface area contributed by atoms with Crippen LogP contribution in [0.3, 0.4) is 0 Å². The number of hydrogen-bond donors (Lipinski definition) is 1. The Kier molecular flexibility index (Phi) is 5.09. The number of ether oxygens (including phenoxy) is 1. The maximum atomic E-state index is 6.10. The number of likely N-dealkylation sites (N-methyl/N-ethyl adjacent to an activating group) is 1. The lowest BCUT2D eigenvalue weighted by molar-refractivity contribution is 0.413. The minimum Gasteiger partial charge on any atom is -0.495 e. The number of benzene rings is 1. The van der Waals surface area contributed by atoms with Crippen molar-refractivity contribution in [2.45, 2.75) is 26.8 Å². The SMILES string of the molecule is CCN(c1cc(C)c(Cl)cc1OC)C(C)CN. The molecule has 0 aromatic heterocycles. The summed E-state index contributed by atoms with van der Waals surface area (Å²) in [6, 6.07) is 4.18. The summed E-state index contributed by atoms with van der Waals surface area (Å²) in [5.74, 6) is 0.794. The van der Waals surface area contributed by atoms with Gasteiger partial charge in [0, 0.05) is 30.2 Å². The number of anilines is 1. The van der Waals surface area contributed by atoms with Gasteiger partial charge < -0.3 is 15.4 Å². The molecule has 3 nitrogen and oxygen atoms in total. The van der Waals surface area contributed by atoms with Crippen molar-refractivity contribution >= 4 is 17.3 Å². The number of methoxy groups -OCH3 is 1. The standard InChI is InChI=1S/C13H21ClN2O/c1-5-16(10(3)8-15)12-6-9(2)11(14)7-13(12)17-4/h6-7,10H,5,8,15H2,1-4H3. The minimum absolute atomic E-state index is 0.273. The van der Waals surface area contributed by atoms with Crippen molar-refractivity contribution in [2.24, 2.45) is 5.73 Å². The summed E-state index contributed by atoms with van der Waals surface area (Å²) in [7, 11) is 1.66. The highest BCUT2D eigenvalue weighted by molar-refractivity contribution is 6.31. The van der Waals surface area contributed by atoms with Gasteiger partial charge in [-0.05, 0) is 32.4 Å². The first-order valence-electron chi connectivity index (χ1n) is 5.86. The van der Waals surface area contributed by atoms with Gasteiger partial charge in [-0.2, -0.15) is 0 Å². The molecule has 1 unspecified atom stereocenters. The van der Waals surface area contributed by atoms with E-state index in [0.29, 0.717) is 6.54 Å². The molecule has 0 spiro atoms. The molecule has 1 aromatic rings. The smallest absolute Gasteiger partial charge is 0.143 e. The van der Waals surface area contributed by atoms with Crippen LogP contribution in [0.15, 0.2) is 12.1 Å². The summed E-state index contributed by atoms with van der Waals surface area (Å²) in [6.07, 6.45) is 0. The third kappa shape index (κ3) is 3.05. The van der Waals surface area contributed by atoms with Crippen LogP contribution in [0.5, 0.6) is 5.75 Å². The average molecular weight is 257 g/mol. The zero-order chi connectivity index (χ0) is 13.0. The second-order valence-electron chi connectivity index (χ2n) is 4.14. The Morgan fingerprint density at radius 2 is 2.12 bits per heavy atom. The highest BCUT2D eigenvalue weighted by Crippen LogP contribution is 2.34. The molecule has 0 aliphatic carbocycles. The third-order valence-corrected chi connectivity index (χ3v) is 3.39. The predicted octanol–water partition coefficient (Wildman–Crippen LogP) is 2.83. The maximum Gasteiger partial charge on any atom is 0.143 e. The molecule has 17 heavy (non-hydrogen) atoms. The van der Waals surface area contributed by atoms with Gasteiger partial charge in [0.15, 0.2) is 0 Å². The average Bonchev–Trinajstić information content (AvgIpc) is 2.33. The largest absolute Gasteiger partial charge is 0.495 e. The minimum atomic E-state index is 0.273. The number of rotatable bonds is 5. The van der Waals surface area contributed by atoms with Gasteiger partial charge in [-0.15, -0.1) is 0 Å². The molecule has 2 N–H and O–H groups in total. The number of hydrogen-bond acceptors (Lipinski definition) is 3. The molecule has 0 bridgehead atoms. The molecule has 1 aromatic carbocycles. The van der Waals surface area contributed by atoms with E-state index in [9.17, 15) is 0 Å². The van der Waals surface area contributed by atoms with E-state index >= 15 is 0 Å². The number of nitrogens with two attached hydrogens (primary N) is 1. The summed E-state index contributed by atoms with van der Waals surface area (Å²) in [6.45, 7) is 7.70. The highest BCUT2D eigenvalue weighted by atomic mass is 35.5. The Labute approximate surface area is 109 Å². The quantitative estimate of drug-likeness (QED) is 0.881. The molecule has 96 valence electrons. The summed E-state index contributed by atoms with van der Waals surface area (Å²) < 4.78 is 5.39. The van der Waals surface area contributed by atoms with Crippen LogP contribution in [0.1, 0.15) is 19.4 Å². The number of aryl methyl sites for hydroxylation is 1. The molecule has 0 fully saturated rings. The fraction of sp³-hybridized carbons (Fsp3) is 0.538. The maximum absolute atomic E-state index is 6.10.